The molecule has 28 heavy (non-hydrogen) atoms. The van der Waals surface area contributed by atoms with Crippen molar-refractivity contribution in [2.24, 2.45) is 0 Å². The third kappa shape index (κ3) is 3.59. The molecule has 0 amide bonds. The number of aryl methyl sites for hydroxylation is 1. The molecule has 0 spiro atoms. The van der Waals surface area contributed by atoms with Gasteiger partial charge in [-0.05, 0) is 23.6 Å². The number of benzene rings is 2. The fourth-order valence-corrected chi connectivity index (χ4v) is 4.01. The van der Waals surface area contributed by atoms with Crippen molar-refractivity contribution in [2.75, 3.05) is 6.61 Å². The van der Waals surface area contributed by atoms with Crippen molar-refractivity contribution in [1.29, 1.82) is 0 Å². The number of rotatable bonds is 5. The highest BCUT2D eigenvalue weighted by Gasteiger charge is 2.39. The van der Waals surface area contributed by atoms with Gasteiger partial charge in [-0.1, -0.05) is 55.8 Å². The smallest absolute Gasteiger partial charge is 0.113 e. The largest absolute Gasteiger partial charge is 0.388 e. The second-order valence-corrected chi connectivity index (χ2v) is 7.60. The van der Waals surface area contributed by atoms with Crippen LogP contribution in [0.5, 0.6) is 0 Å². The summed E-state index contributed by atoms with van der Waals surface area (Å²) in [6.45, 7) is 2.89. The van der Waals surface area contributed by atoms with E-state index in [0.717, 1.165) is 29.3 Å². The number of nitrogens with zero attached hydrogens (tertiary/aromatic N) is 1. The first-order valence-corrected chi connectivity index (χ1v) is 9.90. The Morgan fingerprint density at radius 2 is 1.68 bits per heavy atom. The maximum absolute atomic E-state index is 10.5. The molecule has 148 valence electrons. The lowest BCUT2D eigenvalue weighted by atomic mass is 9.94. The average molecular weight is 381 g/mol. The van der Waals surface area contributed by atoms with Crippen molar-refractivity contribution in [2.45, 2.75) is 50.7 Å². The minimum atomic E-state index is -1.22. The topological polar surface area (TPSA) is 74.9 Å². The van der Waals surface area contributed by atoms with Gasteiger partial charge in [0.05, 0.1) is 6.61 Å². The molecule has 4 atom stereocenters. The Balaban J connectivity index is 1.67. The Morgan fingerprint density at radius 1 is 0.964 bits per heavy atom. The number of aliphatic hydroxyl groups excluding tert-OH is 3. The molecule has 5 nitrogen and oxygen atoms in total. The van der Waals surface area contributed by atoms with Crippen LogP contribution in [0.3, 0.4) is 0 Å². The molecule has 0 saturated carbocycles. The molecule has 3 aromatic rings. The quantitative estimate of drug-likeness (QED) is 0.635. The molecule has 4 rings (SSSR count). The maximum atomic E-state index is 10.5. The molecular formula is C23H27NO4. The van der Waals surface area contributed by atoms with E-state index in [-0.39, 0.29) is 6.61 Å². The van der Waals surface area contributed by atoms with Gasteiger partial charge >= 0.3 is 0 Å². The van der Waals surface area contributed by atoms with E-state index in [1.807, 2.05) is 30.5 Å². The van der Waals surface area contributed by atoms with Crippen LogP contribution < -0.4 is 0 Å². The first kappa shape index (κ1) is 19.2. The van der Waals surface area contributed by atoms with E-state index < -0.39 is 24.4 Å². The summed E-state index contributed by atoms with van der Waals surface area (Å²) < 4.78 is 7.85. The highest BCUT2D eigenvalue weighted by molar-refractivity contribution is 5.84. The molecule has 2 aromatic carbocycles. The molecule has 3 N–H and O–H groups in total. The number of hydrogen-bond donors (Lipinski definition) is 3. The zero-order valence-corrected chi connectivity index (χ0v) is 16.0. The van der Waals surface area contributed by atoms with E-state index in [2.05, 4.69) is 35.8 Å². The van der Waals surface area contributed by atoms with Gasteiger partial charge in [0.2, 0.25) is 0 Å². The SMILES string of the molecule is CCCc1ccc(Cn2cc([C@@H]3OC[C@@H](O)[C@H](O)[C@H]3O)c3ccccc32)cc1. The predicted octanol–water partition coefficient (Wildman–Crippen LogP) is 2.80. The van der Waals surface area contributed by atoms with Gasteiger partial charge in [0.25, 0.3) is 0 Å². The first-order valence-electron chi connectivity index (χ1n) is 9.90. The van der Waals surface area contributed by atoms with Crippen molar-refractivity contribution >= 4 is 10.9 Å². The molecule has 0 aliphatic carbocycles. The van der Waals surface area contributed by atoms with E-state index in [9.17, 15) is 15.3 Å². The molecule has 5 heteroatoms. The number of ether oxygens (including phenoxy) is 1. The van der Waals surface area contributed by atoms with Crippen molar-refractivity contribution in [1.82, 2.24) is 4.57 Å². The summed E-state index contributed by atoms with van der Waals surface area (Å²) in [5.41, 5.74) is 4.42. The van der Waals surface area contributed by atoms with Gasteiger partial charge in [-0.25, -0.2) is 0 Å². The van der Waals surface area contributed by atoms with Gasteiger partial charge in [0, 0.05) is 29.2 Å². The van der Waals surface area contributed by atoms with Crippen molar-refractivity contribution in [3.8, 4) is 0 Å². The lowest BCUT2D eigenvalue weighted by Crippen LogP contribution is -2.48. The highest BCUT2D eigenvalue weighted by Crippen LogP contribution is 2.35. The van der Waals surface area contributed by atoms with E-state index in [4.69, 9.17) is 4.74 Å². The Labute approximate surface area is 164 Å². The summed E-state index contributed by atoms with van der Waals surface area (Å²) in [4.78, 5) is 0. The third-order valence-corrected chi connectivity index (χ3v) is 5.54. The monoisotopic (exact) mass is 381 g/mol. The van der Waals surface area contributed by atoms with Crippen LogP contribution in [0, 0.1) is 0 Å². The second kappa shape index (κ2) is 8.05. The normalized spacial score (nSPS) is 25.3. The summed E-state index contributed by atoms with van der Waals surface area (Å²) in [6, 6.07) is 16.7. The maximum Gasteiger partial charge on any atom is 0.113 e. The molecule has 1 aliphatic heterocycles. The van der Waals surface area contributed by atoms with E-state index in [1.54, 1.807) is 0 Å². The standard InChI is InChI=1S/C23H27NO4/c1-2-5-15-8-10-16(11-9-15)12-24-13-18(17-6-3-4-7-19(17)24)23-22(27)21(26)20(25)14-28-23/h3-4,6-11,13,20-23,25-27H,2,5,12,14H2,1H3/t20-,21+,22-,23+/m1/s1. The molecule has 1 saturated heterocycles. The van der Waals surface area contributed by atoms with E-state index >= 15 is 0 Å². The zero-order chi connectivity index (χ0) is 19.7. The second-order valence-electron chi connectivity index (χ2n) is 7.60. The van der Waals surface area contributed by atoms with Crippen LogP contribution in [-0.2, 0) is 17.7 Å². The van der Waals surface area contributed by atoms with Gasteiger partial charge < -0.3 is 24.6 Å². The summed E-state index contributed by atoms with van der Waals surface area (Å²) in [7, 11) is 0. The van der Waals surface area contributed by atoms with Gasteiger partial charge in [-0.15, -0.1) is 0 Å². The fraction of sp³-hybridized carbons (Fsp3) is 0.391. The zero-order valence-electron chi connectivity index (χ0n) is 16.0. The molecular weight excluding hydrogens is 354 g/mol. The van der Waals surface area contributed by atoms with Crippen LogP contribution in [0.25, 0.3) is 10.9 Å². The van der Waals surface area contributed by atoms with Crippen LogP contribution in [0.1, 0.15) is 36.1 Å². The molecule has 0 radical (unpaired) electrons. The number of hydrogen-bond acceptors (Lipinski definition) is 4. The lowest BCUT2D eigenvalue weighted by molar-refractivity contribution is -0.188. The number of aliphatic hydroxyl groups is 3. The van der Waals surface area contributed by atoms with Crippen LogP contribution in [0.15, 0.2) is 54.7 Å². The van der Waals surface area contributed by atoms with Crippen LogP contribution in [0.2, 0.25) is 0 Å². The minimum Gasteiger partial charge on any atom is -0.388 e. The first-order chi connectivity index (χ1) is 13.6. The summed E-state index contributed by atoms with van der Waals surface area (Å²) in [5.74, 6) is 0. The number of aromatic nitrogens is 1. The summed E-state index contributed by atoms with van der Waals surface area (Å²) in [5, 5.41) is 31.3. The fourth-order valence-electron chi connectivity index (χ4n) is 4.01. The number of para-hydroxylation sites is 1. The van der Waals surface area contributed by atoms with Gasteiger partial charge in [0.15, 0.2) is 0 Å². The molecule has 2 heterocycles. The number of fused-ring (bicyclic) bond motifs is 1. The Kier molecular flexibility index (Phi) is 5.51. The van der Waals surface area contributed by atoms with Crippen LogP contribution in [0.4, 0.5) is 0 Å². The van der Waals surface area contributed by atoms with Gasteiger partial charge in [-0.3, -0.25) is 0 Å². The molecule has 1 fully saturated rings. The Bertz CT molecular complexity index is 933. The van der Waals surface area contributed by atoms with Crippen molar-refractivity contribution < 1.29 is 20.1 Å². The third-order valence-electron chi connectivity index (χ3n) is 5.54. The molecule has 1 aromatic heterocycles. The Morgan fingerprint density at radius 3 is 2.43 bits per heavy atom. The molecule has 1 aliphatic rings. The van der Waals surface area contributed by atoms with Crippen molar-refractivity contribution in [3.05, 3.63) is 71.4 Å². The van der Waals surface area contributed by atoms with E-state index in [0.29, 0.717) is 6.54 Å². The molecule has 0 bridgehead atoms. The van der Waals surface area contributed by atoms with Crippen molar-refractivity contribution in [3.63, 3.8) is 0 Å². The lowest BCUT2D eigenvalue weighted by Gasteiger charge is -2.35. The van der Waals surface area contributed by atoms with Crippen LogP contribution >= 0.6 is 0 Å². The highest BCUT2D eigenvalue weighted by atomic mass is 16.5. The summed E-state index contributed by atoms with van der Waals surface area (Å²) in [6.07, 6.45) is 0.0844. The Hall–Kier alpha value is -2.18. The average Bonchev–Trinajstić information content (AvgIpc) is 3.06. The van der Waals surface area contributed by atoms with Gasteiger partial charge in [0.1, 0.15) is 24.4 Å². The summed E-state index contributed by atoms with van der Waals surface area (Å²) >= 11 is 0. The van der Waals surface area contributed by atoms with E-state index in [1.165, 1.54) is 11.1 Å². The predicted molar refractivity (Wildman–Crippen MR) is 108 cm³/mol. The van der Waals surface area contributed by atoms with Gasteiger partial charge in [-0.2, -0.15) is 0 Å². The van der Waals surface area contributed by atoms with Crippen LogP contribution in [-0.4, -0.2) is 44.8 Å². The molecule has 0 unspecified atom stereocenters. The minimum absolute atomic E-state index is 0.00128.